The van der Waals surface area contributed by atoms with Crippen molar-refractivity contribution in [3.05, 3.63) is 34.8 Å². The molecular weight excluding hydrogens is 357 g/mol. The zero-order valence-electron chi connectivity index (χ0n) is 15.9. The van der Waals surface area contributed by atoms with Gasteiger partial charge in [-0.1, -0.05) is 18.8 Å². The van der Waals surface area contributed by atoms with Gasteiger partial charge in [0.15, 0.2) is 0 Å². The topological polar surface area (TPSA) is 88.0 Å². The van der Waals surface area contributed by atoms with Gasteiger partial charge in [0.2, 0.25) is 0 Å². The van der Waals surface area contributed by atoms with Crippen molar-refractivity contribution < 1.29 is 14.0 Å². The largest absolute Gasteiger partial charge is 0.366 e. The summed E-state index contributed by atoms with van der Waals surface area (Å²) in [7, 11) is 0. The molecule has 0 aliphatic heterocycles. The van der Waals surface area contributed by atoms with Crippen molar-refractivity contribution in [2.24, 2.45) is 17.6 Å². The minimum Gasteiger partial charge on any atom is -0.366 e. The van der Waals surface area contributed by atoms with Crippen LogP contribution in [-0.4, -0.2) is 22.8 Å². The highest BCUT2D eigenvalue weighted by molar-refractivity contribution is 6.06. The van der Waals surface area contributed by atoms with E-state index in [0.29, 0.717) is 17.4 Å². The van der Waals surface area contributed by atoms with E-state index in [9.17, 15) is 14.0 Å². The second-order valence-corrected chi connectivity index (χ2v) is 7.96. The summed E-state index contributed by atoms with van der Waals surface area (Å²) in [6, 6.07) is 2.86. The van der Waals surface area contributed by atoms with E-state index >= 15 is 0 Å². The number of aromatic amines is 1. The number of rotatable bonds is 3. The van der Waals surface area contributed by atoms with Crippen molar-refractivity contribution in [1.29, 1.82) is 0 Å². The Hall–Kier alpha value is -2.81. The molecule has 0 saturated heterocycles. The molecule has 146 valence electrons. The van der Waals surface area contributed by atoms with Crippen LogP contribution in [0.1, 0.15) is 54.2 Å². The predicted octanol–water partition coefficient (Wildman–Crippen LogP) is 2.82. The van der Waals surface area contributed by atoms with E-state index in [-0.39, 0.29) is 17.5 Å². The Morgan fingerprint density at radius 3 is 2.82 bits per heavy atom. The first-order valence-electron chi connectivity index (χ1n) is 9.82. The van der Waals surface area contributed by atoms with Gasteiger partial charge in [0.1, 0.15) is 5.82 Å². The lowest BCUT2D eigenvalue weighted by Gasteiger charge is -2.33. The second kappa shape index (κ2) is 7.31. The van der Waals surface area contributed by atoms with Crippen LogP contribution in [0.3, 0.4) is 0 Å². The predicted molar refractivity (Wildman–Crippen MR) is 105 cm³/mol. The molecule has 0 spiro atoms. The molecule has 1 fully saturated rings. The number of fused-ring (bicyclic) bond motifs is 3. The maximum Gasteiger partial charge on any atom is 0.296 e. The van der Waals surface area contributed by atoms with E-state index < -0.39 is 11.7 Å². The Bertz CT molecular complexity index is 1010. The van der Waals surface area contributed by atoms with E-state index in [1.165, 1.54) is 12.1 Å². The Kier molecular flexibility index (Phi) is 4.84. The summed E-state index contributed by atoms with van der Waals surface area (Å²) in [5.41, 5.74) is 8.45. The van der Waals surface area contributed by atoms with Crippen LogP contribution in [0.15, 0.2) is 12.1 Å². The molecule has 2 aliphatic carbocycles. The first-order chi connectivity index (χ1) is 13.5. The molecule has 2 aliphatic rings. The summed E-state index contributed by atoms with van der Waals surface area (Å²) in [5.74, 6) is 4.89. The van der Waals surface area contributed by atoms with E-state index in [2.05, 4.69) is 22.1 Å². The van der Waals surface area contributed by atoms with Gasteiger partial charge < -0.3 is 16.0 Å². The highest BCUT2D eigenvalue weighted by Gasteiger charge is 2.35. The van der Waals surface area contributed by atoms with Crippen molar-refractivity contribution in [3.8, 4) is 11.8 Å². The van der Waals surface area contributed by atoms with E-state index in [4.69, 9.17) is 5.73 Å². The van der Waals surface area contributed by atoms with Crippen LogP contribution in [0.5, 0.6) is 0 Å². The molecule has 6 heteroatoms. The summed E-state index contributed by atoms with van der Waals surface area (Å²) >= 11 is 0. The van der Waals surface area contributed by atoms with Gasteiger partial charge in [-0.15, -0.1) is 0 Å². The normalized spacial score (nSPS) is 23.7. The number of carbonyl (C=O) groups is 2. The monoisotopic (exact) mass is 381 g/mol. The van der Waals surface area contributed by atoms with Crippen molar-refractivity contribution in [2.45, 2.75) is 51.5 Å². The molecule has 1 aromatic heterocycles. The molecule has 1 unspecified atom stereocenters. The average molecular weight is 381 g/mol. The minimum atomic E-state index is -0.623. The summed E-state index contributed by atoms with van der Waals surface area (Å²) < 4.78 is 14.0. The minimum absolute atomic E-state index is 0.168. The van der Waals surface area contributed by atoms with Crippen LogP contribution in [0.25, 0.3) is 10.9 Å². The molecule has 4 rings (SSSR count). The number of hydrogen-bond acceptors (Lipinski definition) is 2. The van der Waals surface area contributed by atoms with Gasteiger partial charge in [-0.3, -0.25) is 9.59 Å². The van der Waals surface area contributed by atoms with Gasteiger partial charge in [0.05, 0.1) is 11.1 Å². The summed E-state index contributed by atoms with van der Waals surface area (Å²) in [4.78, 5) is 26.8. The molecule has 28 heavy (non-hydrogen) atoms. The number of aromatic nitrogens is 1. The van der Waals surface area contributed by atoms with Crippen molar-refractivity contribution in [2.75, 3.05) is 0 Å². The van der Waals surface area contributed by atoms with Crippen molar-refractivity contribution in [1.82, 2.24) is 10.3 Å². The SMILES string of the molecule is CC#CC(=O)N[C@H]1CCC[C@@H](C2Cc3[nH]c4c(C(N)=O)cc(F)cc4c3C2)C1. The van der Waals surface area contributed by atoms with Gasteiger partial charge in [0, 0.05) is 17.1 Å². The molecule has 2 aromatic rings. The lowest BCUT2D eigenvalue weighted by molar-refractivity contribution is -0.116. The molecule has 3 atom stereocenters. The molecule has 4 N–H and O–H groups in total. The number of amides is 2. The summed E-state index contributed by atoms with van der Waals surface area (Å²) in [6.07, 6.45) is 5.90. The first kappa shape index (κ1) is 18.5. The van der Waals surface area contributed by atoms with Gasteiger partial charge >= 0.3 is 0 Å². The van der Waals surface area contributed by atoms with Crippen LogP contribution in [0.2, 0.25) is 0 Å². The van der Waals surface area contributed by atoms with E-state index in [1.807, 2.05) is 0 Å². The molecule has 2 amide bonds. The standard InChI is InChI=1S/C22H24FN3O2/c1-2-4-20(27)25-15-6-3-5-12(7-15)13-8-16-17-10-14(23)11-18(22(24)28)21(17)26-19(16)9-13/h10-13,15,26H,3,5-9H2,1H3,(H2,24,28)(H,25,27)/t12-,13?,15+/m1/s1. The number of primary amides is 1. The number of benzene rings is 1. The second-order valence-electron chi connectivity index (χ2n) is 7.96. The molecule has 1 heterocycles. The highest BCUT2D eigenvalue weighted by Crippen LogP contribution is 2.41. The Morgan fingerprint density at radius 1 is 1.25 bits per heavy atom. The fraction of sp³-hybridized carbons (Fsp3) is 0.455. The summed E-state index contributed by atoms with van der Waals surface area (Å²) in [6.45, 7) is 1.66. The quantitative estimate of drug-likeness (QED) is 0.714. The lowest BCUT2D eigenvalue weighted by atomic mass is 9.76. The Balaban J connectivity index is 1.52. The van der Waals surface area contributed by atoms with E-state index in [1.54, 1.807) is 6.92 Å². The number of halogens is 1. The molecule has 0 radical (unpaired) electrons. The summed E-state index contributed by atoms with van der Waals surface area (Å²) in [5, 5.41) is 3.79. The van der Waals surface area contributed by atoms with Crippen LogP contribution < -0.4 is 11.1 Å². The smallest absolute Gasteiger partial charge is 0.296 e. The number of nitrogens with two attached hydrogens (primary N) is 1. The highest BCUT2D eigenvalue weighted by atomic mass is 19.1. The molecule has 1 saturated carbocycles. The third-order valence-electron chi connectivity index (χ3n) is 6.22. The van der Waals surface area contributed by atoms with E-state index in [0.717, 1.165) is 55.2 Å². The maximum absolute atomic E-state index is 14.0. The third-order valence-corrected chi connectivity index (χ3v) is 6.22. The third kappa shape index (κ3) is 3.37. The molecule has 1 aromatic carbocycles. The average Bonchev–Trinajstić information content (AvgIpc) is 3.20. The fourth-order valence-electron chi connectivity index (χ4n) is 5.02. The zero-order valence-corrected chi connectivity index (χ0v) is 15.9. The maximum atomic E-state index is 14.0. The van der Waals surface area contributed by atoms with Crippen LogP contribution in [-0.2, 0) is 17.6 Å². The Morgan fingerprint density at radius 2 is 2.07 bits per heavy atom. The molecule has 5 nitrogen and oxygen atoms in total. The lowest BCUT2D eigenvalue weighted by Crippen LogP contribution is -2.39. The van der Waals surface area contributed by atoms with Crippen molar-refractivity contribution in [3.63, 3.8) is 0 Å². The van der Waals surface area contributed by atoms with Gasteiger partial charge in [-0.2, -0.15) is 0 Å². The fourth-order valence-corrected chi connectivity index (χ4v) is 5.02. The Labute approximate surface area is 163 Å². The molecule has 0 bridgehead atoms. The van der Waals surface area contributed by atoms with Crippen LogP contribution >= 0.6 is 0 Å². The number of H-pyrrole nitrogens is 1. The molecular formula is C22H24FN3O2. The first-order valence-corrected chi connectivity index (χ1v) is 9.82. The number of hydrogen-bond donors (Lipinski definition) is 3. The van der Waals surface area contributed by atoms with Gasteiger partial charge in [-0.05, 0) is 68.1 Å². The van der Waals surface area contributed by atoms with Crippen molar-refractivity contribution >= 4 is 22.7 Å². The van der Waals surface area contributed by atoms with Gasteiger partial charge in [-0.25, -0.2) is 4.39 Å². The van der Waals surface area contributed by atoms with Crippen LogP contribution in [0, 0.1) is 29.5 Å². The van der Waals surface area contributed by atoms with Crippen LogP contribution in [0.4, 0.5) is 4.39 Å². The number of nitrogens with one attached hydrogen (secondary N) is 2. The van der Waals surface area contributed by atoms with Gasteiger partial charge in [0.25, 0.3) is 11.8 Å². The zero-order chi connectivity index (χ0) is 19.8. The number of carbonyl (C=O) groups excluding carboxylic acids is 2.